The molecule has 3 rings (SSSR count). The van der Waals surface area contributed by atoms with Crippen molar-refractivity contribution >= 4 is 35.1 Å². The van der Waals surface area contributed by atoms with Crippen LogP contribution in [0.15, 0.2) is 30.3 Å². The van der Waals surface area contributed by atoms with Crippen LogP contribution in [0.5, 0.6) is 0 Å². The zero-order chi connectivity index (χ0) is 26.5. The summed E-state index contributed by atoms with van der Waals surface area (Å²) in [6.07, 6.45) is -5.93. The molecule has 13 heteroatoms. The Bertz CT molecular complexity index is 1070. The second-order valence-corrected chi connectivity index (χ2v) is 9.10. The number of hydrogen-bond acceptors (Lipinski definition) is 7. The molecule has 9 nitrogen and oxygen atoms in total. The van der Waals surface area contributed by atoms with Crippen LogP contribution in [0.25, 0.3) is 11.4 Å². The molecule has 2 amide bonds. The molecule has 2 heterocycles. The average Bonchev–Trinajstić information content (AvgIpc) is 2.81. The van der Waals surface area contributed by atoms with Crippen LogP contribution in [-0.2, 0) is 9.59 Å². The molecule has 1 fully saturated rings. The van der Waals surface area contributed by atoms with Gasteiger partial charge in [0.1, 0.15) is 11.6 Å². The molecule has 1 saturated heterocycles. The van der Waals surface area contributed by atoms with Crippen LogP contribution in [0.4, 0.5) is 24.8 Å². The topological polar surface area (TPSA) is 111 Å². The van der Waals surface area contributed by atoms with Crippen LogP contribution >= 0.6 is 11.6 Å². The molecule has 0 saturated carbocycles. The summed E-state index contributed by atoms with van der Waals surface area (Å²) in [5.74, 6) is 0.625. The Kier molecular flexibility index (Phi) is 8.62. The number of aliphatic hydroxyl groups is 1. The quantitative estimate of drug-likeness (QED) is 0.452. The molecule has 1 aliphatic rings. The number of nitrogens with zero attached hydrogens (tertiary/aromatic N) is 4. The van der Waals surface area contributed by atoms with Crippen molar-refractivity contribution in [2.75, 3.05) is 49.5 Å². The second-order valence-electron chi connectivity index (χ2n) is 8.67. The molecule has 0 bridgehead atoms. The summed E-state index contributed by atoms with van der Waals surface area (Å²) < 4.78 is 38.9. The van der Waals surface area contributed by atoms with Crippen molar-refractivity contribution in [3.05, 3.63) is 35.4 Å². The van der Waals surface area contributed by atoms with E-state index in [0.717, 1.165) is 5.56 Å². The van der Waals surface area contributed by atoms with E-state index in [4.69, 9.17) is 11.6 Å². The third-order valence-corrected chi connectivity index (χ3v) is 5.93. The van der Waals surface area contributed by atoms with Gasteiger partial charge in [-0.05, 0) is 31.2 Å². The number of hydrogen-bond donors (Lipinski definition) is 3. The van der Waals surface area contributed by atoms with Gasteiger partial charge in [0.2, 0.25) is 11.8 Å². The van der Waals surface area contributed by atoms with Gasteiger partial charge in [-0.15, -0.1) is 0 Å². The average molecular weight is 529 g/mol. The van der Waals surface area contributed by atoms with Crippen LogP contribution in [0, 0.1) is 0 Å². The molecule has 36 heavy (non-hydrogen) atoms. The Morgan fingerprint density at radius 1 is 1.08 bits per heavy atom. The maximum absolute atomic E-state index is 13.0. The minimum Gasteiger partial charge on any atom is -0.380 e. The fourth-order valence-corrected chi connectivity index (χ4v) is 3.66. The van der Waals surface area contributed by atoms with Gasteiger partial charge < -0.3 is 25.5 Å². The number of aromatic nitrogens is 2. The third-order valence-electron chi connectivity index (χ3n) is 5.68. The molecule has 1 aliphatic heterocycles. The Morgan fingerprint density at radius 3 is 2.31 bits per heavy atom. The third kappa shape index (κ3) is 7.20. The van der Waals surface area contributed by atoms with Gasteiger partial charge in [-0.25, -0.2) is 9.97 Å². The highest BCUT2D eigenvalue weighted by Gasteiger charge is 2.51. The first-order valence-electron chi connectivity index (χ1n) is 11.3. The van der Waals surface area contributed by atoms with Gasteiger partial charge >= 0.3 is 6.18 Å². The monoisotopic (exact) mass is 528 g/mol. The number of benzene rings is 1. The number of halogens is 4. The van der Waals surface area contributed by atoms with Crippen molar-refractivity contribution in [3.63, 3.8) is 0 Å². The van der Waals surface area contributed by atoms with Gasteiger partial charge in [0.05, 0.1) is 6.42 Å². The highest BCUT2D eigenvalue weighted by molar-refractivity contribution is 6.30. The van der Waals surface area contributed by atoms with Crippen molar-refractivity contribution in [2.45, 2.75) is 32.0 Å². The SMILES string of the molecule is CC(=O)NCCNc1cc(N2CCN(C(=O)CC(C)(O)C(F)(F)F)CC2)nc(-c2ccc(Cl)cc2)n1. The fourth-order valence-electron chi connectivity index (χ4n) is 3.54. The number of piperazine rings is 1. The Balaban J connectivity index is 1.73. The number of alkyl halides is 3. The highest BCUT2D eigenvalue weighted by Crippen LogP contribution is 2.33. The molecule has 1 atom stereocenters. The number of rotatable bonds is 8. The predicted molar refractivity (Wildman–Crippen MR) is 130 cm³/mol. The van der Waals surface area contributed by atoms with Gasteiger partial charge in [-0.1, -0.05) is 11.6 Å². The molecule has 3 N–H and O–H groups in total. The highest BCUT2D eigenvalue weighted by atomic mass is 35.5. The number of amides is 2. The maximum atomic E-state index is 13.0. The van der Waals surface area contributed by atoms with Crippen molar-refractivity contribution in [1.29, 1.82) is 0 Å². The molecule has 0 aliphatic carbocycles. The minimum absolute atomic E-state index is 0.147. The smallest absolute Gasteiger partial charge is 0.380 e. The molecule has 1 unspecified atom stereocenters. The summed E-state index contributed by atoms with van der Waals surface area (Å²) in [6.45, 7) is 3.88. The summed E-state index contributed by atoms with van der Waals surface area (Å²) in [4.78, 5) is 35.9. The summed E-state index contributed by atoms with van der Waals surface area (Å²) in [5.41, 5.74) is -2.35. The van der Waals surface area contributed by atoms with E-state index in [1.165, 1.54) is 11.8 Å². The van der Waals surface area contributed by atoms with Crippen LogP contribution < -0.4 is 15.5 Å². The van der Waals surface area contributed by atoms with Crippen molar-refractivity contribution in [3.8, 4) is 11.4 Å². The first-order chi connectivity index (χ1) is 16.9. The van der Waals surface area contributed by atoms with E-state index in [1.54, 1.807) is 30.3 Å². The predicted octanol–water partition coefficient (Wildman–Crippen LogP) is 2.70. The van der Waals surface area contributed by atoms with Crippen molar-refractivity contribution in [1.82, 2.24) is 20.2 Å². The van der Waals surface area contributed by atoms with Gasteiger partial charge in [-0.3, -0.25) is 9.59 Å². The molecule has 1 aromatic carbocycles. The van der Waals surface area contributed by atoms with E-state index < -0.39 is 24.1 Å². The molecular weight excluding hydrogens is 501 g/mol. The van der Waals surface area contributed by atoms with Gasteiger partial charge in [0, 0.05) is 62.8 Å². The second kappa shape index (κ2) is 11.3. The van der Waals surface area contributed by atoms with Gasteiger partial charge in [0.15, 0.2) is 11.4 Å². The van der Waals surface area contributed by atoms with E-state index in [1.807, 2.05) is 4.90 Å². The lowest BCUT2D eigenvalue weighted by Gasteiger charge is -2.37. The largest absolute Gasteiger partial charge is 0.417 e. The molecule has 1 aromatic heterocycles. The normalized spacial score (nSPS) is 15.9. The first kappa shape index (κ1) is 27.5. The lowest BCUT2D eigenvalue weighted by atomic mass is 10.0. The number of anilines is 2. The minimum atomic E-state index is -4.90. The van der Waals surface area contributed by atoms with E-state index in [2.05, 4.69) is 20.6 Å². The maximum Gasteiger partial charge on any atom is 0.417 e. The lowest BCUT2D eigenvalue weighted by Crippen LogP contribution is -2.52. The van der Waals surface area contributed by atoms with E-state index in [9.17, 15) is 27.9 Å². The van der Waals surface area contributed by atoms with Gasteiger partial charge in [0.25, 0.3) is 0 Å². The van der Waals surface area contributed by atoms with Crippen molar-refractivity contribution in [2.24, 2.45) is 0 Å². The van der Waals surface area contributed by atoms with Gasteiger partial charge in [-0.2, -0.15) is 13.2 Å². The number of carbonyl (C=O) groups excluding carboxylic acids is 2. The molecule has 196 valence electrons. The molecule has 0 radical (unpaired) electrons. The van der Waals surface area contributed by atoms with Crippen LogP contribution in [0.1, 0.15) is 20.3 Å². The summed E-state index contributed by atoms with van der Waals surface area (Å²) in [6, 6.07) is 8.74. The standard InChI is InChI=1S/C23H28ClF3N6O3/c1-15(34)28-7-8-29-18-13-19(31-21(30-18)16-3-5-17(24)6-4-16)32-9-11-33(12-10-32)20(35)14-22(2,36)23(25,26)27/h3-6,13,36H,7-12,14H2,1-2H3,(H,28,34)(H,29,30,31). The molecular formula is C23H28ClF3N6O3. The summed E-state index contributed by atoms with van der Waals surface area (Å²) in [5, 5.41) is 16.1. The van der Waals surface area contributed by atoms with Crippen LogP contribution in [-0.4, -0.2) is 82.8 Å². The summed E-state index contributed by atoms with van der Waals surface area (Å²) >= 11 is 5.99. The van der Waals surface area contributed by atoms with E-state index >= 15 is 0 Å². The molecule has 0 spiro atoms. The Morgan fingerprint density at radius 2 is 1.72 bits per heavy atom. The summed E-state index contributed by atoms with van der Waals surface area (Å²) in [7, 11) is 0. The fraction of sp³-hybridized carbons (Fsp3) is 0.478. The van der Waals surface area contributed by atoms with Crippen LogP contribution in [0.2, 0.25) is 5.02 Å². The van der Waals surface area contributed by atoms with E-state index in [0.29, 0.717) is 55.6 Å². The first-order valence-corrected chi connectivity index (χ1v) is 11.7. The number of carbonyl (C=O) groups is 2. The lowest BCUT2D eigenvalue weighted by molar-refractivity contribution is -0.254. The van der Waals surface area contributed by atoms with Crippen LogP contribution in [0.3, 0.4) is 0 Å². The zero-order valence-electron chi connectivity index (χ0n) is 19.9. The Labute approximate surface area is 211 Å². The van der Waals surface area contributed by atoms with Crippen molar-refractivity contribution < 1.29 is 27.9 Å². The Hall–Kier alpha value is -3.12. The molecule has 2 aromatic rings. The van der Waals surface area contributed by atoms with E-state index in [-0.39, 0.29) is 19.0 Å². The number of nitrogens with one attached hydrogen (secondary N) is 2. The zero-order valence-corrected chi connectivity index (χ0v) is 20.7.